The van der Waals surface area contributed by atoms with E-state index in [0.717, 1.165) is 107 Å². The number of nitrogens with zero attached hydrogens (tertiary/aromatic N) is 9. The van der Waals surface area contributed by atoms with Crippen LogP contribution in [0.4, 0.5) is 16.6 Å². The summed E-state index contributed by atoms with van der Waals surface area (Å²) in [5.41, 5.74) is 5.09. The van der Waals surface area contributed by atoms with Gasteiger partial charge in [-0.25, -0.2) is 21.0 Å². The topological polar surface area (TPSA) is 106 Å². The summed E-state index contributed by atoms with van der Waals surface area (Å²) in [6, 6.07) is 4.32. The minimum Gasteiger partial charge on any atom is -0.492 e. The van der Waals surface area contributed by atoms with Crippen LogP contribution in [0.3, 0.4) is 0 Å². The predicted octanol–water partition coefficient (Wildman–Crippen LogP) is 6.73. The Bertz CT molecular complexity index is 2130. The zero-order valence-corrected chi connectivity index (χ0v) is 32.9. The molecule has 3 saturated heterocycles. The van der Waals surface area contributed by atoms with E-state index in [0.29, 0.717) is 43.3 Å². The lowest BCUT2D eigenvalue weighted by molar-refractivity contribution is -0.0366. The predicted molar refractivity (Wildman–Crippen MR) is 211 cm³/mol. The van der Waals surface area contributed by atoms with Crippen molar-refractivity contribution in [2.24, 2.45) is 0 Å². The molecule has 2 atom stereocenters. The second-order valence-corrected chi connectivity index (χ2v) is 16.7. The summed E-state index contributed by atoms with van der Waals surface area (Å²) >= 11 is 7.30. The molecule has 0 N–H and O–H groups in total. The lowest BCUT2D eigenvalue weighted by Gasteiger charge is -2.44. The number of carbonyl (C=O) groups excluding carboxylic acids is 1. The van der Waals surface area contributed by atoms with Gasteiger partial charge in [0.2, 0.25) is 12.5 Å². The number of halogens is 1. The number of hydrogen-bond acceptors (Lipinski definition) is 10. The first-order valence-corrected chi connectivity index (χ1v) is 19.6. The fourth-order valence-corrected chi connectivity index (χ4v) is 8.47. The van der Waals surface area contributed by atoms with Crippen LogP contribution in [0.1, 0.15) is 63.8 Å². The number of fused-ring (bicyclic) bond motifs is 4. The highest BCUT2D eigenvalue weighted by Crippen LogP contribution is 2.48. The molecule has 4 aromatic rings. The molecule has 13 nitrogen and oxygen atoms in total. The average Bonchev–Trinajstić information content (AvgIpc) is 3.53. The highest BCUT2D eigenvalue weighted by atomic mass is 35.5. The molecule has 3 fully saturated rings. The highest BCUT2D eigenvalue weighted by Gasteiger charge is 2.39. The molecule has 0 bridgehead atoms. The molecular weight excluding hydrogens is 706 g/mol. The van der Waals surface area contributed by atoms with Gasteiger partial charge in [-0.2, -0.15) is 10.1 Å². The number of carbonyl (C=O) groups is 1. The van der Waals surface area contributed by atoms with Crippen molar-refractivity contribution in [3.05, 3.63) is 45.9 Å². The van der Waals surface area contributed by atoms with Gasteiger partial charge in [-0.05, 0) is 97.2 Å². The zero-order chi connectivity index (χ0) is 37.9. The molecule has 2 aromatic carbocycles. The Balaban J connectivity index is 1.29. The number of piperazine rings is 1. The van der Waals surface area contributed by atoms with E-state index in [1.165, 1.54) is 0 Å². The molecule has 4 aliphatic rings. The van der Waals surface area contributed by atoms with Gasteiger partial charge in [0, 0.05) is 61.9 Å². The van der Waals surface area contributed by atoms with Crippen LogP contribution in [0.5, 0.6) is 5.75 Å². The molecule has 0 radical (unpaired) electrons. The summed E-state index contributed by atoms with van der Waals surface area (Å²) in [5, 5.41) is 7.38. The Labute approximate surface area is 321 Å². The van der Waals surface area contributed by atoms with Gasteiger partial charge in [0.1, 0.15) is 23.2 Å². The highest BCUT2D eigenvalue weighted by molar-refractivity contribution is 6.36. The number of hydrogen-bond donors (Lipinski definition) is 0. The Morgan fingerprint density at radius 3 is 2.63 bits per heavy atom. The molecule has 0 spiro atoms. The zero-order valence-electron chi connectivity index (χ0n) is 32.2. The Morgan fingerprint density at radius 1 is 1.09 bits per heavy atom. The molecule has 0 saturated carbocycles. The van der Waals surface area contributed by atoms with Crippen molar-refractivity contribution in [3.63, 3.8) is 0 Å². The number of aromatic nitrogens is 4. The van der Waals surface area contributed by atoms with Gasteiger partial charge >= 0.3 is 6.09 Å². The standard InChI is InChI=1S/C40H50ClN9O4/c1-24-17-31-29(20-43-50(31)32-12-8-9-15-52-32)33(35(24)41)28-18-30-34(36-27(28)11-10-16-53-36)37(45-38(44-30)48-22-26(23-48)46(6)7)47-13-14-49(25(21-47)19-42-5)39(51)54-40(2,3)4/h17-18,20,25-26,32H,8-16,19,21-23H2,1-4,6-7H3/t25-,32?/m0/s1. The molecule has 1 amide bonds. The number of aryl methyl sites for hydroxylation is 1. The maximum Gasteiger partial charge on any atom is 0.410 e. The summed E-state index contributed by atoms with van der Waals surface area (Å²) in [4.78, 5) is 36.0. The van der Waals surface area contributed by atoms with Gasteiger partial charge < -0.3 is 33.8 Å². The Hall–Kier alpha value is -4.38. The summed E-state index contributed by atoms with van der Waals surface area (Å²) in [6.45, 7) is 19.8. The number of benzene rings is 2. The van der Waals surface area contributed by atoms with Crippen LogP contribution in [-0.4, -0.2) is 120 Å². The van der Waals surface area contributed by atoms with Gasteiger partial charge in [0.15, 0.2) is 6.23 Å². The smallest absolute Gasteiger partial charge is 0.410 e. The van der Waals surface area contributed by atoms with E-state index in [4.69, 9.17) is 47.5 Å². The van der Waals surface area contributed by atoms with Gasteiger partial charge in [-0.3, -0.25) is 4.90 Å². The molecule has 286 valence electrons. The lowest BCUT2D eigenvalue weighted by atomic mass is 9.89. The van der Waals surface area contributed by atoms with Crippen LogP contribution in [-0.2, 0) is 15.9 Å². The first-order valence-electron chi connectivity index (χ1n) is 19.2. The maximum absolute atomic E-state index is 13.3. The van der Waals surface area contributed by atoms with E-state index >= 15 is 0 Å². The monoisotopic (exact) mass is 755 g/mol. The normalized spacial score (nSPS) is 20.9. The van der Waals surface area contributed by atoms with Crippen molar-refractivity contribution < 1.29 is 19.0 Å². The number of likely N-dealkylation sites (N-methyl/N-ethyl adjacent to an activating group) is 1. The number of amides is 1. The molecule has 4 aliphatic heterocycles. The second kappa shape index (κ2) is 14.4. The Morgan fingerprint density at radius 2 is 1.91 bits per heavy atom. The molecule has 14 heteroatoms. The van der Waals surface area contributed by atoms with E-state index in [1.54, 1.807) is 4.90 Å². The Kier molecular flexibility index (Phi) is 9.73. The summed E-state index contributed by atoms with van der Waals surface area (Å²) in [7, 11) is 4.20. The van der Waals surface area contributed by atoms with E-state index in [9.17, 15) is 4.79 Å². The van der Waals surface area contributed by atoms with E-state index in [-0.39, 0.29) is 18.8 Å². The first kappa shape index (κ1) is 36.6. The van der Waals surface area contributed by atoms with Crippen molar-refractivity contribution in [3.8, 4) is 16.9 Å². The molecular formula is C40H50ClN9O4. The van der Waals surface area contributed by atoms with Crippen molar-refractivity contribution in [2.75, 3.05) is 76.4 Å². The van der Waals surface area contributed by atoms with Gasteiger partial charge in [-0.1, -0.05) is 11.6 Å². The van der Waals surface area contributed by atoms with E-state index < -0.39 is 11.7 Å². The molecule has 8 rings (SSSR count). The van der Waals surface area contributed by atoms with Crippen LogP contribution in [0.15, 0.2) is 18.3 Å². The second-order valence-electron chi connectivity index (χ2n) is 16.3. The molecule has 6 heterocycles. The third-order valence-corrected chi connectivity index (χ3v) is 11.6. The summed E-state index contributed by atoms with van der Waals surface area (Å²) < 4.78 is 20.6. The first-order chi connectivity index (χ1) is 25.9. The minimum atomic E-state index is -0.640. The van der Waals surface area contributed by atoms with Gasteiger partial charge in [0.25, 0.3) is 0 Å². The van der Waals surface area contributed by atoms with Crippen molar-refractivity contribution in [2.45, 2.75) is 83.7 Å². The van der Waals surface area contributed by atoms with Crippen LogP contribution >= 0.6 is 11.6 Å². The van der Waals surface area contributed by atoms with Crippen LogP contribution < -0.4 is 14.5 Å². The van der Waals surface area contributed by atoms with E-state index in [1.807, 2.05) is 38.6 Å². The molecule has 54 heavy (non-hydrogen) atoms. The van der Waals surface area contributed by atoms with Crippen LogP contribution in [0.25, 0.3) is 37.8 Å². The third kappa shape index (κ3) is 6.66. The molecule has 1 unspecified atom stereocenters. The fraction of sp³-hybridized carbons (Fsp3) is 0.575. The maximum atomic E-state index is 13.3. The van der Waals surface area contributed by atoms with Crippen molar-refractivity contribution in [1.82, 2.24) is 29.5 Å². The number of rotatable bonds is 6. The average molecular weight is 756 g/mol. The SMILES string of the molecule is [C-]#[N+]C[C@H]1CN(c2nc(N3CC(N(C)C)C3)nc3cc(-c4c(Cl)c(C)cc5c4cnn5C4CCCCO4)c4c(c23)OCCC4)CCN1C(=O)OC(C)(C)C. The van der Waals surface area contributed by atoms with E-state index in [2.05, 4.69) is 45.8 Å². The summed E-state index contributed by atoms with van der Waals surface area (Å²) in [6.07, 6.45) is 6.17. The van der Waals surface area contributed by atoms with Gasteiger partial charge in [-0.15, -0.1) is 0 Å². The number of anilines is 2. The number of ether oxygens (including phenoxy) is 3. The quantitative estimate of drug-likeness (QED) is 0.197. The van der Waals surface area contributed by atoms with Crippen LogP contribution in [0.2, 0.25) is 5.02 Å². The third-order valence-electron chi connectivity index (χ3n) is 11.1. The fourth-order valence-electron chi connectivity index (χ4n) is 8.21. The van der Waals surface area contributed by atoms with Crippen LogP contribution in [0, 0.1) is 13.5 Å². The molecule has 2 aromatic heterocycles. The van der Waals surface area contributed by atoms with Crippen molar-refractivity contribution >= 4 is 51.3 Å². The molecule has 0 aliphatic carbocycles. The van der Waals surface area contributed by atoms with Gasteiger partial charge in [0.05, 0.1) is 34.2 Å². The minimum absolute atomic E-state index is 0.110. The van der Waals surface area contributed by atoms with Crippen molar-refractivity contribution in [1.29, 1.82) is 0 Å². The largest absolute Gasteiger partial charge is 0.492 e. The summed E-state index contributed by atoms with van der Waals surface area (Å²) in [5.74, 6) is 2.18. The lowest BCUT2D eigenvalue weighted by Crippen LogP contribution is -2.58.